The third-order valence-electron chi connectivity index (χ3n) is 5.26. The molecule has 2 rings (SSSR count). The van der Waals surface area contributed by atoms with Crippen molar-refractivity contribution in [2.24, 2.45) is 11.3 Å². The number of amides is 1. The van der Waals surface area contributed by atoms with E-state index in [-0.39, 0.29) is 11.3 Å². The lowest BCUT2D eigenvalue weighted by atomic mass is 9.78. The Morgan fingerprint density at radius 1 is 1.32 bits per heavy atom. The zero-order valence-corrected chi connectivity index (χ0v) is 14.3. The van der Waals surface area contributed by atoms with Crippen LogP contribution in [0.2, 0.25) is 0 Å². The van der Waals surface area contributed by atoms with E-state index in [2.05, 4.69) is 22.5 Å². The van der Waals surface area contributed by atoms with Crippen LogP contribution in [0.25, 0.3) is 0 Å². The average Bonchev–Trinajstić information content (AvgIpc) is 2.55. The highest BCUT2D eigenvalue weighted by atomic mass is 16.5. The summed E-state index contributed by atoms with van der Waals surface area (Å²) >= 11 is 0. The number of nitrogens with zero attached hydrogens (tertiary/aromatic N) is 1. The van der Waals surface area contributed by atoms with Gasteiger partial charge in [-0.3, -0.25) is 4.79 Å². The quantitative estimate of drug-likeness (QED) is 0.743. The maximum absolute atomic E-state index is 12.7. The van der Waals surface area contributed by atoms with Crippen molar-refractivity contribution in [2.45, 2.75) is 39.0 Å². The monoisotopic (exact) mass is 311 g/mol. The van der Waals surface area contributed by atoms with E-state index < -0.39 is 0 Å². The van der Waals surface area contributed by atoms with Crippen molar-refractivity contribution in [1.29, 1.82) is 0 Å². The molecule has 0 radical (unpaired) electrons. The van der Waals surface area contributed by atoms with E-state index >= 15 is 0 Å². The molecule has 1 amide bonds. The second-order valence-electron chi connectivity index (χ2n) is 6.96. The summed E-state index contributed by atoms with van der Waals surface area (Å²) in [6.45, 7) is 9.00. The molecule has 0 aromatic heterocycles. The number of carbonyl (C=O) groups excluding carboxylic acids is 1. The van der Waals surface area contributed by atoms with Crippen molar-refractivity contribution in [1.82, 2.24) is 15.5 Å². The highest BCUT2D eigenvalue weighted by molar-refractivity contribution is 5.83. The number of carbonyl (C=O) groups is 1. The van der Waals surface area contributed by atoms with Crippen LogP contribution in [0.15, 0.2) is 0 Å². The van der Waals surface area contributed by atoms with Crippen LogP contribution in [-0.4, -0.2) is 63.8 Å². The predicted molar refractivity (Wildman–Crippen MR) is 88.9 cm³/mol. The highest BCUT2D eigenvalue weighted by Crippen LogP contribution is 2.29. The van der Waals surface area contributed by atoms with E-state index in [4.69, 9.17) is 4.74 Å². The Morgan fingerprint density at radius 3 is 2.59 bits per heavy atom. The number of ether oxygens (including phenoxy) is 1. The zero-order chi connectivity index (χ0) is 15.8. The number of hydrogen-bond acceptors (Lipinski definition) is 4. The van der Waals surface area contributed by atoms with Crippen LogP contribution in [-0.2, 0) is 9.53 Å². The van der Waals surface area contributed by atoms with Gasteiger partial charge in [0, 0.05) is 13.7 Å². The van der Waals surface area contributed by atoms with Crippen LogP contribution < -0.4 is 10.6 Å². The van der Waals surface area contributed by atoms with Crippen molar-refractivity contribution in [3.05, 3.63) is 0 Å². The van der Waals surface area contributed by atoms with Crippen molar-refractivity contribution >= 4 is 5.91 Å². The average molecular weight is 311 g/mol. The Labute approximate surface area is 135 Å². The second-order valence-corrected chi connectivity index (χ2v) is 6.96. The molecule has 2 aliphatic heterocycles. The van der Waals surface area contributed by atoms with Gasteiger partial charge in [0.25, 0.3) is 0 Å². The predicted octanol–water partition coefficient (Wildman–Crippen LogP) is 1.24. The van der Waals surface area contributed by atoms with Gasteiger partial charge < -0.3 is 20.3 Å². The molecule has 2 saturated heterocycles. The normalized spacial score (nSPS) is 23.4. The van der Waals surface area contributed by atoms with E-state index in [1.165, 1.54) is 38.9 Å². The van der Waals surface area contributed by atoms with Crippen molar-refractivity contribution in [3.63, 3.8) is 0 Å². The molecule has 2 aliphatic rings. The number of nitrogens with one attached hydrogen (secondary N) is 2. The summed E-state index contributed by atoms with van der Waals surface area (Å²) in [7, 11) is 1.69. The minimum absolute atomic E-state index is 0.201. The molecule has 0 atom stereocenters. The molecule has 0 aromatic rings. The van der Waals surface area contributed by atoms with Gasteiger partial charge in [-0.25, -0.2) is 0 Å². The van der Waals surface area contributed by atoms with Crippen molar-refractivity contribution in [3.8, 4) is 0 Å². The van der Waals surface area contributed by atoms with Crippen molar-refractivity contribution < 1.29 is 9.53 Å². The Hall–Kier alpha value is -0.650. The van der Waals surface area contributed by atoms with Gasteiger partial charge in [0.15, 0.2) is 0 Å². The number of hydrogen-bond donors (Lipinski definition) is 2. The van der Waals surface area contributed by atoms with E-state index in [9.17, 15) is 4.79 Å². The lowest BCUT2D eigenvalue weighted by molar-refractivity contribution is -0.136. The van der Waals surface area contributed by atoms with Gasteiger partial charge >= 0.3 is 0 Å². The molecule has 22 heavy (non-hydrogen) atoms. The first-order valence-corrected chi connectivity index (χ1v) is 8.90. The minimum Gasteiger partial charge on any atom is -0.384 e. The van der Waals surface area contributed by atoms with Gasteiger partial charge in [-0.1, -0.05) is 6.92 Å². The van der Waals surface area contributed by atoms with E-state index in [0.717, 1.165) is 32.5 Å². The molecule has 0 unspecified atom stereocenters. The van der Waals surface area contributed by atoms with Gasteiger partial charge in [0.1, 0.15) is 0 Å². The summed E-state index contributed by atoms with van der Waals surface area (Å²) in [4.78, 5) is 15.2. The Morgan fingerprint density at radius 2 is 2.00 bits per heavy atom. The molecule has 0 aromatic carbocycles. The number of piperidine rings is 2. The first-order chi connectivity index (χ1) is 10.7. The molecule has 2 heterocycles. The van der Waals surface area contributed by atoms with Crippen LogP contribution in [0.1, 0.15) is 39.0 Å². The summed E-state index contributed by atoms with van der Waals surface area (Å²) in [5, 5.41) is 6.56. The third kappa shape index (κ3) is 4.67. The Bertz CT molecular complexity index is 329. The van der Waals surface area contributed by atoms with E-state index in [1.54, 1.807) is 7.11 Å². The second kappa shape index (κ2) is 8.85. The SMILES string of the molecule is CCCN1CCC(CNC(=O)C2(COC)CCNCC2)CC1. The molecule has 2 fully saturated rings. The largest absolute Gasteiger partial charge is 0.384 e. The first-order valence-electron chi connectivity index (χ1n) is 8.90. The van der Waals surface area contributed by atoms with Crippen LogP contribution >= 0.6 is 0 Å². The number of likely N-dealkylation sites (tertiary alicyclic amines) is 1. The molecule has 0 aliphatic carbocycles. The summed E-state index contributed by atoms with van der Waals surface area (Å²) in [5.41, 5.74) is -0.317. The molecule has 0 bridgehead atoms. The summed E-state index contributed by atoms with van der Waals surface area (Å²) in [5.74, 6) is 0.838. The maximum Gasteiger partial charge on any atom is 0.228 e. The maximum atomic E-state index is 12.7. The van der Waals surface area contributed by atoms with Crippen LogP contribution in [0.4, 0.5) is 0 Å². The lowest BCUT2D eigenvalue weighted by Gasteiger charge is -2.37. The smallest absolute Gasteiger partial charge is 0.228 e. The Kier molecular flexibility index (Phi) is 7.12. The summed E-state index contributed by atoms with van der Waals surface area (Å²) in [6.07, 6.45) is 5.40. The van der Waals surface area contributed by atoms with Gasteiger partial charge in [0.05, 0.1) is 12.0 Å². The van der Waals surface area contributed by atoms with Gasteiger partial charge in [-0.15, -0.1) is 0 Å². The molecular formula is C17H33N3O2. The van der Waals surface area contributed by atoms with E-state index in [1.807, 2.05) is 0 Å². The molecule has 0 spiro atoms. The zero-order valence-electron chi connectivity index (χ0n) is 14.3. The summed E-state index contributed by atoms with van der Waals surface area (Å²) in [6, 6.07) is 0. The van der Waals surface area contributed by atoms with Crippen LogP contribution in [0, 0.1) is 11.3 Å². The van der Waals surface area contributed by atoms with Crippen molar-refractivity contribution in [2.75, 3.05) is 53.0 Å². The van der Waals surface area contributed by atoms with Gasteiger partial charge in [-0.2, -0.15) is 0 Å². The van der Waals surface area contributed by atoms with Gasteiger partial charge in [-0.05, 0) is 70.7 Å². The standard InChI is InChI=1S/C17H33N3O2/c1-3-10-20-11-4-15(5-12-20)13-19-16(21)17(14-22-2)6-8-18-9-7-17/h15,18H,3-14H2,1-2H3,(H,19,21). The first kappa shape index (κ1) is 17.7. The molecule has 5 nitrogen and oxygen atoms in total. The van der Waals surface area contributed by atoms with Crippen LogP contribution in [0.5, 0.6) is 0 Å². The van der Waals surface area contributed by atoms with Gasteiger partial charge in [0.2, 0.25) is 5.91 Å². The molecule has 2 N–H and O–H groups in total. The number of methoxy groups -OCH3 is 1. The minimum atomic E-state index is -0.317. The summed E-state index contributed by atoms with van der Waals surface area (Å²) < 4.78 is 5.34. The fourth-order valence-corrected chi connectivity index (χ4v) is 3.77. The molecule has 0 saturated carbocycles. The van der Waals surface area contributed by atoms with E-state index in [0.29, 0.717) is 12.5 Å². The van der Waals surface area contributed by atoms with Crippen LogP contribution in [0.3, 0.4) is 0 Å². The Balaban J connectivity index is 1.76. The lowest BCUT2D eigenvalue weighted by Crippen LogP contribution is -2.51. The molecule has 5 heteroatoms. The topological polar surface area (TPSA) is 53.6 Å². The highest BCUT2D eigenvalue weighted by Gasteiger charge is 2.39. The fraction of sp³-hybridized carbons (Fsp3) is 0.941. The fourth-order valence-electron chi connectivity index (χ4n) is 3.77. The number of rotatable bonds is 7. The molecule has 128 valence electrons. The third-order valence-corrected chi connectivity index (χ3v) is 5.26. The molecular weight excluding hydrogens is 278 g/mol.